The molecule has 0 spiro atoms. The Morgan fingerprint density at radius 3 is 1.61 bits per heavy atom. The van der Waals surface area contributed by atoms with Crippen LogP contribution in [0.15, 0.2) is 91.0 Å². The van der Waals surface area contributed by atoms with Crippen molar-refractivity contribution in [1.82, 2.24) is 0 Å². The zero-order chi connectivity index (χ0) is 41.3. The van der Waals surface area contributed by atoms with Gasteiger partial charge >= 0.3 is 23.9 Å². The highest BCUT2D eigenvalue weighted by Gasteiger charge is 2.57. The molecule has 0 aliphatic carbocycles. The van der Waals surface area contributed by atoms with Crippen LogP contribution in [0.25, 0.3) is 0 Å². The van der Waals surface area contributed by atoms with Crippen molar-refractivity contribution in [3.8, 4) is 0 Å². The highest BCUT2D eigenvalue weighted by molar-refractivity contribution is 6.99. The highest BCUT2D eigenvalue weighted by Crippen LogP contribution is 2.39. The second kappa shape index (κ2) is 19.3. The minimum Gasteiger partial charge on any atom is -0.463 e. The molecule has 0 saturated carbocycles. The average Bonchev–Trinajstić information content (AvgIpc) is 3.44. The lowest BCUT2D eigenvalue weighted by Crippen LogP contribution is -2.67. The van der Waals surface area contributed by atoms with Gasteiger partial charge in [0.15, 0.2) is 30.9 Å². The molecule has 3 aromatic carbocycles. The summed E-state index contributed by atoms with van der Waals surface area (Å²) >= 11 is 0. The van der Waals surface area contributed by atoms with E-state index in [4.69, 9.17) is 42.3 Å². The molecule has 2 saturated heterocycles. The Morgan fingerprint density at radius 1 is 0.614 bits per heavy atom. The van der Waals surface area contributed by atoms with Crippen LogP contribution < -0.4 is 10.4 Å². The summed E-state index contributed by atoms with van der Waals surface area (Å²) in [6.45, 7) is 10.5. The van der Waals surface area contributed by atoms with E-state index in [0.717, 1.165) is 15.9 Å². The molecule has 3 aromatic rings. The molecular weight excluding hydrogens is 757 g/mol. The number of hydrogen-bond donors (Lipinski definition) is 1. The lowest BCUT2D eigenvalue weighted by Gasteiger charge is -2.46. The summed E-state index contributed by atoms with van der Waals surface area (Å²) < 4.78 is 55.0. The fraction of sp³-hybridized carbons (Fsp3) is 0.476. The molecule has 2 aliphatic heterocycles. The number of benzene rings is 3. The van der Waals surface area contributed by atoms with Crippen LogP contribution in [0, 0.1) is 0 Å². The molecule has 9 atom stereocenters. The maximum Gasteiger partial charge on any atom is 0.303 e. The van der Waals surface area contributed by atoms with Gasteiger partial charge in [0.2, 0.25) is 0 Å². The number of carbonyl (C=O) groups excluding carboxylic acids is 4. The summed E-state index contributed by atoms with van der Waals surface area (Å²) in [5.74, 6) is -2.82. The predicted octanol–water partition coefficient (Wildman–Crippen LogP) is 3.33. The van der Waals surface area contributed by atoms with E-state index in [2.05, 4.69) is 20.8 Å². The van der Waals surface area contributed by atoms with E-state index in [-0.39, 0.29) is 13.2 Å². The molecule has 308 valence electrons. The molecule has 2 heterocycles. The molecule has 15 heteroatoms. The number of hydrogen-bond acceptors (Lipinski definition) is 14. The van der Waals surface area contributed by atoms with Gasteiger partial charge in [-0.15, -0.1) is 0 Å². The standard InChI is InChI=1S/C42H52O14Si/c1-26(43)48-24-33-35(51-27(2)44)37(52-28(3)45)39(49-23-30-17-11-8-12-18-30)41(55-33)56-36-34(54-40(47)38(36)53-29(4)46)25-50-57(42(5,6)7,31-19-13-9-14-20-31)32-21-15-10-16-22-32/h8-22,33-41,47H,23-25H2,1-7H3/t33-,34-,35-,36-,37+,38-,39-,40+,41-/m1/s1. The number of aliphatic hydroxyl groups is 1. The molecular formula is C42H52O14Si. The van der Waals surface area contributed by atoms with Crippen LogP contribution in [0.3, 0.4) is 0 Å². The topological polar surface area (TPSA) is 172 Å². The largest absolute Gasteiger partial charge is 0.463 e. The molecule has 0 amide bonds. The van der Waals surface area contributed by atoms with Crippen LogP contribution in [0.5, 0.6) is 0 Å². The molecule has 0 bridgehead atoms. The van der Waals surface area contributed by atoms with Gasteiger partial charge in [-0.1, -0.05) is 112 Å². The fourth-order valence-electron chi connectivity index (χ4n) is 7.37. The Morgan fingerprint density at radius 2 is 1.11 bits per heavy atom. The third-order valence-corrected chi connectivity index (χ3v) is 14.7. The minimum atomic E-state index is -3.16. The SMILES string of the molecule is CC(=O)OC[C@H]1O[C@H](O[C@H]2[C@@H](OC(C)=O)[C@@H](O)O[C@@H]2CO[Si](c2ccccc2)(c2ccccc2)C(C)(C)C)[C@H](OCc2ccccc2)[C@@H](OC(C)=O)[C@@H]1OC(C)=O. The zero-order valence-corrected chi connectivity index (χ0v) is 34.2. The number of rotatable bonds is 15. The lowest BCUT2D eigenvalue weighted by atomic mass is 9.97. The van der Waals surface area contributed by atoms with Crippen molar-refractivity contribution in [3.63, 3.8) is 0 Å². The second-order valence-electron chi connectivity index (χ2n) is 15.0. The minimum absolute atomic E-state index is 0.0224. The Balaban J connectivity index is 1.56. The Bertz CT molecular complexity index is 1750. The van der Waals surface area contributed by atoms with Gasteiger partial charge in [-0.2, -0.15) is 0 Å². The maximum atomic E-state index is 12.6. The van der Waals surface area contributed by atoms with Gasteiger partial charge in [0.05, 0.1) is 13.2 Å². The zero-order valence-electron chi connectivity index (χ0n) is 33.2. The van der Waals surface area contributed by atoms with E-state index in [1.165, 1.54) is 27.7 Å². The maximum absolute atomic E-state index is 12.6. The smallest absolute Gasteiger partial charge is 0.303 e. The van der Waals surface area contributed by atoms with Crippen LogP contribution >= 0.6 is 0 Å². The van der Waals surface area contributed by atoms with Crippen LogP contribution in [0.2, 0.25) is 5.04 Å². The Hall–Kier alpha value is -4.48. The number of esters is 4. The summed E-state index contributed by atoms with van der Waals surface area (Å²) in [6, 6.07) is 29.0. The van der Waals surface area contributed by atoms with E-state index in [1.54, 1.807) is 0 Å². The molecule has 0 radical (unpaired) electrons. The molecule has 0 unspecified atom stereocenters. The van der Waals surface area contributed by atoms with Gasteiger partial charge in [-0.3, -0.25) is 19.2 Å². The van der Waals surface area contributed by atoms with Gasteiger partial charge < -0.3 is 47.4 Å². The first-order valence-electron chi connectivity index (χ1n) is 18.8. The number of ether oxygens (including phenoxy) is 8. The first kappa shape index (κ1) is 43.6. The van der Waals surface area contributed by atoms with Crippen molar-refractivity contribution in [1.29, 1.82) is 0 Å². The van der Waals surface area contributed by atoms with Gasteiger partial charge in [-0.05, 0) is 21.0 Å². The third-order valence-electron chi connectivity index (χ3n) is 9.69. The quantitative estimate of drug-likeness (QED) is 0.135. The number of aliphatic hydroxyl groups excluding tert-OH is 1. The van der Waals surface area contributed by atoms with Crippen LogP contribution in [-0.4, -0.2) is 106 Å². The molecule has 14 nitrogen and oxygen atoms in total. The average molecular weight is 809 g/mol. The summed E-state index contributed by atoms with van der Waals surface area (Å²) in [6.07, 6.45) is -12.0. The summed E-state index contributed by atoms with van der Waals surface area (Å²) in [5, 5.41) is 12.8. The predicted molar refractivity (Wildman–Crippen MR) is 206 cm³/mol. The van der Waals surface area contributed by atoms with Crippen molar-refractivity contribution in [2.75, 3.05) is 13.2 Å². The molecule has 2 aliphatic rings. The normalized spacial score (nSPS) is 26.3. The van der Waals surface area contributed by atoms with Gasteiger partial charge in [0, 0.05) is 27.7 Å². The second-order valence-corrected chi connectivity index (χ2v) is 19.3. The van der Waals surface area contributed by atoms with Crippen molar-refractivity contribution in [2.24, 2.45) is 0 Å². The van der Waals surface area contributed by atoms with E-state index in [1.807, 2.05) is 91.0 Å². The molecule has 1 N–H and O–H groups in total. The van der Waals surface area contributed by atoms with Crippen molar-refractivity contribution < 1.29 is 66.6 Å². The molecule has 0 aromatic heterocycles. The van der Waals surface area contributed by atoms with E-state index < -0.39 is 99.1 Å². The fourth-order valence-corrected chi connectivity index (χ4v) is 11.9. The summed E-state index contributed by atoms with van der Waals surface area (Å²) in [4.78, 5) is 49.5. The highest BCUT2D eigenvalue weighted by atomic mass is 28.4. The summed E-state index contributed by atoms with van der Waals surface area (Å²) in [5.41, 5.74) is 0.748. The first-order valence-corrected chi connectivity index (χ1v) is 20.7. The van der Waals surface area contributed by atoms with E-state index in [0.29, 0.717) is 0 Å². The summed E-state index contributed by atoms with van der Waals surface area (Å²) in [7, 11) is -3.16. The Labute approximate surface area is 333 Å². The lowest BCUT2D eigenvalue weighted by molar-refractivity contribution is -0.330. The van der Waals surface area contributed by atoms with E-state index in [9.17, 15) is 24.3 Å². The monoisotopic (exact) mass is 808 g/mol. The molecule has 2 fully saturated rings. The van der Waals surface area contributed by atoms with Crippen molar-refractivity contribution in [2.45, 2.75) is 115 Å². The Kier molecular flexibility index (Phi) is 14.8. The van der Waals surface area contributed by atoms with Crippen molar-refractivity contribution in [3.05, 3.63) is 96.6 Å². The van der Waals surface area contributed by atoms with Crippen LogP contribution in [0.1, 0.15) is 54.0 Å². The van der Waals surface area contributed by atoms with Gasteiger partial charge in [-0.25, -0.2) is 0 Å². The van der Waals surface area contributed by atoms with Crippen LogP contribution in [0.4, 0.5) is 0 Å². The molecule has 57 heavy (non-hydrogen) atoms. The van der Waals surface area contributed by atoms with Crippen LogP contribution in [-0.2, 0) is 68.1 Å². The van der Waals surface area contributed by atoms with Crippen molar-refractivity contribution >= 4 is 42.6 Å². The van der Waals surface area contributed by atoms with Gasteiger partial charge in [0.25, 0.3) is 8.32 Å². The van der Waals surface area contributed by atoms with E-state index >= 15 is 0 Å². The molecule has 5 rings (SSSR count). The first-order chi connectivity index (χ1) is 27.1. The van der Waals surface area contributed by atoms with Gasteiger partial charge in [0.1, 0.15) is 31.0 Å². The third kappa shape index (κ3) is 10.7. The number of carbonyl (C=O) groups is 4.